The van der Waals surface area contributed by atoms with Crippen LogP contribution in [0.5, 0.6) is 0 Å². The molecule has 1 amide bonds. The van der Waals surface area contributed by atoms with Crippen LogP contribution in [-0.4, -0.2) is 47.3 Å². The van der Waals surface area contributed by atoms with Crippen LogP contribution < -0.4 is 0 Å². The Morgan fingerprint density at radius 2 is 2.18 bits per heavy atom. The highest BCUT2D eigenvalue weighted by Gasteiger charge is 2.24. The number of hydrogen-bond donors (Lipinski definition) is 1. The van der Waals surface area contributed by atoms with Gasteiger partial charge in [0.2, 0.25) is 0 Å². The highest BCUT2D eigenvalue weighted by Crippen LogP contribution is 2.14. The molecule has 1 N–H and O–H groups in total. The molecule has 1 atom stereocenters. The molecular formula is C12H21N3O2. The molecule has 0 aliphatic rings. The van der Waals surface area contributed by atoms with E-state index in [0.29, 0.717) is 18.7 Å². The van der Waals surface area contributed by atoms with Crippen LogP contribution in [0.3, 0.4) is 0 Å². The van der Waals surface area contributed by atoms with Crippen molar-refractivity contribution in [3.8, 4) is 0 Å². The lowest BCUT2D eigenvalue weighted by molar-refractivity contribution is 0.0578. The number of ether oxygens (including phenoxy) is 1. The van der Waals surface area contributed by atoms with Crippen LogP contribution in [0.25, 0.3) is 0 Å². The second kappa shape index (κ2) is 5.82. The maximum atomic E-state index is 12.4. The van der Waals surface area contributed by atoms with Crippen LogP contribution in [-0.2, 0) is 4.74 Å². The van der Waals surface area contributed by atoms with E-state index in [1.165, 1.54) is 0 Å². The maximum absolute atomic E-state index is 12.4. The summed E-state index contributed by atoms with van der Waals surface area (Å²) in [6.07, 6.45) is 0. The van der Waals surface area contributed by atoms with Gasteiger partial charge in [-0.2, -0.15) is 5.10 Å². The Bertz CT molecular complexity index is 368. The molecule has 17 heavy (non-hydrogen) atoms. The average molecular weight is 239 g/mol. The van der Waals surface area contributed by atoms with Crippen molar-refractivity contribution in [2.45, 2.75) is 33.7 Å². The second-order valence-electron chi connectivity index (χ2n) is 4.20. The summed E-state index contributed by atoms with van der Waals surface area (Å²) in [6.45, 7) is 8.85. The van der Waals surface area contributed by atoms with Gasteiger partial charge in [-0.15, -0.1) is 0 Å². The lowest BCUT2D eigenvalue weighted by Gasteiger charge is -2.27. The summed E-state index contributed by atoms with van der Waals surface area (Å²) in [4.78, 5) is 14.2. The van der Waals surface area contributed by atoms with Crippen LogP contribution in [0.2, 0.25) is 0 Å². The van der Waals surface area contributed by atoms with Gasteiger partial charge in [-0.25, -0.2) is 0 Å². The number of carbonyl (C=O) groups is 1. The lowest BCUT2D eigenvalue weighted by Crippen LogP contribution is -2.41. The Hall–Kier alpha value is -1.36. The minimum Gasteiger partial charge on any atom is -0.383 e. The van der Waals surface area contributed by atoms with Gasteiger partial charge in [0.25, 0.3) is 5.91 Å². The van der Waals surface area contributed by atoms with Crippen molar-refractivity contribution < 1.29 is 9.53 Å². The monoisotopic (exact) mass is 239 g/mol. The molecule has 1 aromatic heterocycles. The number of nitrogens with zero attached hydrogens (tertiary/aromatic N) is 2. The van der Waals surface area contributed by atoms with E-state index in [1.807, 2.05) is 27.7 Å². The van der Waals surface area contributed by atoms with Gasteiger partial charge in [-0.3, -0.25) is 9.89 Å². The summed E-state index contributed by atoms with van der Waals surface area (Å²) in [5.41, 5.74) is 2.24. The number of rotatable bonds is 5. The van der Waals surface area contributed by atoms with Gasteiger partial charge in [0.15, 0.2) is 0 Å². The molecule has 0 aromatic carbocycles. The fraction of sp³-hybridized carbons (Fsp3) is 0.667. The van der Waals surface area contributed by atoms with Gasteiger partial charge in [0.05, 0.1) is 23.9 Å². The van der Waals surface area contributed by atoms with Crippen LogP contribution in [0.15, 0.2) is 0 Å². The zero-order valence-electron chi connectivity index (χ0n) is 11.2. The number of hydrogen-bond acceptors (Lipinski definition) is 3. The summed E-state index contributed by atoms with van der Waals surface area (Å²) in [5.74, 6) is 0.0146. The molecule has 0 radical (unpaired) electrons. The highest BCUT2D eigenvalue weighted by molar-refractivity contribution is 5.96. The summed E-state index contributed by atoms with van der Waals surface area (Å²) in [7, 11) is 1.64. The van der Waals surface area contributed by atoms with E-state index in [9.17, 15) is 4.79 Å². The number of nitrogens with one attached hydrogen (secondary N) is 1. The summed E-state index contributed by atoms with van der Waals surface area (Å²) < 4.78 is 5.10. The first-order valence-electron chi connectivity index (χ1n) is 5.84. The number of aromatic amines is 1. The van der Waals surface area contributed by atoms with Gasteiger partial charge in [-0.1, -0.05) is 0 Å². The third-order valence-corrected chi connectivity index (χ3v) is 2.88. The molecule has 5 heteroatoms. The Labute approximate surface area is 102 Å². The van der Waals surface area contributed by atoms with Gasteiger partial charge in [0.1, 0.15) is 0 Å². The largest absolute Gasteiger partial charge is 0.383 e. The molecule has 96 valence electrons. The van der Waals surface area contributed by atoms with Crippen LogP contribution in [0, 0.1) is 13.8 Å². The number of aromatic nitrogens is 2. The normalized spacial score (nSPS) is 12.5. The number of carbonyl (C=O) groups excluding carboxylic acids is 1. The van der Waals surface area contributed by atoms with E-state index >= 15 is 0 Å². The topological polar surface area (TPSA) is 58.2 Å². The standard InChI is InChI=1S/C12H21N3O2/c1-6-15(8(2)7-17-5)12(16)11-9(3)13-14-10(11)4/h8H,6-7H2,1-5H3,(H,13,14). The van der Waals surface area contributed by atoms with Crippen LogP contribution in [0.1, 0.15) is 35.6 Å². The third kappa shape index (κ3) is 2.85. The summed E-state index contributed by atoms with van der Waals surface area (Å²) >= 11 is 0. The quantitative estimate of drug-likeness (QED) is 0.847. The average Bonchev–Trinajstić information content (AvgIpc) is 2.59. The Balaban J connectivity index is 2.94. The Morgan fingerprint density at radius 3 is 2.59 bits per heavy atom. The second-order valence-corrected chi connectivity index (χ2v) is 4.20. The lowest BCUT2D eigenvalue weighted by atomic mass is 10.1. The number of aryl methyl sites for hydroxylation is 2. The van der Waals surface area contributed by atoms with Gasteiger partial charge < -0.3 is 9.64 Å². The van der Waals surface area contributed by atoms with Crippen LogP contribution >= 0.6 is 0 Å². The number of likely N-dealkylation sites (N-methyl/N-ethyl adjacent to an activating group) is 1. The van der Waals surface area contributed by atoms with Gasteiger partial charge in [0, 0.05) is 19.3 Å². The molecule has 1 rings (SSSR count). The predicted molar refractivity (Wildman–Crippen MR) is 66.1 cm³/mol. The van der Waals surface area contributed by atoms with Crippen molar-refractivity contribution in [3.05, 3.63) is 17.0 Å². The van der Waals surface area contributed by atoms with E-state index in [0.717, 1.165) is 11.4 Å². The van der Waals surface area contributed by atoms with Crippen LogP contribution in [0.4, 0.5) is 0 Å². The first kappa shape index (κ1) is 13.7. The molecule has 0 aliphatic heterocycles. The minimum absolute atomic E-state index is 0.0146. The van der Waals surface area contributed by atoms with E-state index in [2.05, 4.69) is 10.2 Å². The smallest absolute Gasteiger partial charge is 0.257 e. The SMILES string of the molecule is CCN(C(=O)c1c(C)n[nH]c1C)C(C)COC. The molecule has 1 aromatic rings. The molecule has 1 unspecified atom stereocenters. The predicted octanol–water partition coefficient (Wildman–Crippen LogP) is 1.52. The molecule has 0 spiro atoms. The zero-order valence-corrected chi connectivity index (χ0v) is 11.2. The van der Waals surface area contributed by atoms with Crippen molar-refractivity contribution in [2.75, 3.05) is 20.3 Å². The molecule has 0 saturated heterocycles. The molecular weight excluding hydrogens is 218 g/mol. The van der Waals surface area contributed by atoms with Crippen molar-refractivity contribution >= 4 is 5.91 Å². The number of H-pyrrole nitrogens is 1. The van der Waals surface area contributed by atoms with Crippen molar-refractivity contribution in [3.63, 3.8) is 0 Å². The molecule has 5 nitrogen and oxygen atoms in total. The Kier molecular flexibility index (Phi) is 4.69. The molecule has 0 aliphatic carbocycles. The molecule has 1 heterocycles. The fourth-order valence-electron chi connectivity index (χ4n) is 2.00. The van der Waals surface area contributed by atoms with E-state index in [4.69, 9.17) is 4.74 Å². The Morgan fingerprint density at radius 1 is 1.53 bits per heavy atom. The van der Waals surface area contributed by atoms with Crippen molar-refractivity contribution in [1.29, 1.82) is 0 Å². The number of amides is 1. The van der Waals surface area contributed by atoms with E-state index in [1.54, 1.807) is 12.0 Å². The van der Waals surface area contributed by atoms with E-state index in [-0.39, 0.29) is 11.9 Å². The minimum atomic E-state index is 0.0146. The van der Waals surface area contributed by atoms with Crippen molar-refractivity contribution in [2.24, 2.45) is 0 Å². The van der Waals surface area contributed by atoms with Gasteiger partial charge in [-0.05, 0) is 27.7 Å². The maximum Gasteiger partial charge on any atom is 0.257 e. The number of methoxy groups -OCH3 is 1. The highest BCUT2D eigenvalue weighted by atomic mass is 16.5. The van der Waals surface area contributed by atoms with Gasteiger partial charge >= 0.3 is 0 Å². The fourth-order valence-corrected chi connectivity index (χ4v) is 2.00. The van der Waals surface area contributed by atoms with E-state index < -0.39 is 0 Å². The third-order valence-electron chi connectivity index (χ3n) is 2.88. The first-order valence-corrected chi connectivity index (χ1v) is 5.84. The summed E-state index contributed by atoms with van der Waals surface area (Å²) in [6, 6.07) is 0.0613. The van der Waals surface area contributed by atoms with Crippen molar-refractivity contribution in [1.82, 2.24) is 15.1 Å². The molecule has 0 fully saturated rings. The molecule has 0 bridgehead atoms. The first-order chi connectivity index (χ1) is 8.02. The summed E-state index contributed by atoms with van der Waals surface area (Å²) in [5, 5.41) is 6.89. The molecule has 0 saturated carbocycles. The zero-order chi connectivity index (χ0) is 13.0.